The van der Waals surface area contributed by atoms with E-state index < -0.39 is 17.2 Å². The van der Waals surface area contributed by atoms with Crippen LogP contribution in [0.4, 0.5) is 8.78 Å². The lowest BCUT2D eigenvalue weighted by atomic mass is 9.88. The Hall–Kier alpha value is -1.82. The summed E-state index contributed by atoms with van der Waals surface area (Å²) in [5, 5.41) is 0. The van der Waals surface area contributed by atoms with Crippen molar-refractivity contribution in [3.05, 3.63) is 70.8 Å². The molecule has 0 aromatic heterocycles. The van der Waals surface area contributed by atoms with Crippen LogP contribution in [-0.2, 0) is 26.4 Å². The fraction of sp³-hybridized carbons (Fsp3) is 0.400. The van der Waals surface area contributed by atoms with Crippen molar-refractivity contribution in [1.29, 1.82) is 0 Å². The number of epoxide rings is 1. The van der Waals surface area contributed by atoms with Gasteiger partial charge in [0.1, 0.15) is 17.2 Å². The van der Waals surface area contributed by atoms with Gasteiger partial charge < -0.3 is 14.2 Å². The van der Waals surface area contributed by atoms with Gasteiger partial charge in [0, 0.05) is 18.2 Å². The summed E-state index contributed by atoms with van der Waals surface area (Å²) >= 11 is 0. The molecule has 0 bridgehead atoms. The summed E-state index contributed by atoms with van der Waals surface area (Å²) < 4.78 is 44.7. The summed E-state index contributed by atoms with van der Waals surface area (Å²) in [6, 6.07) is 11.3. The Morgan fingerprint density at radius 3 is 2.64 bits per heavy atom. The van der Waals surface area contributed by atoms with Gasteiger partial charge in [-0.3, -0.25) is 0 Å². The lowest BCUT2D eigenvalue weighted by Crippen LogP contribution is -2.23. The van der Waals surface area contributed by atoms with E-state index in [4.69, 9.17) is 14.2 Å². The minimum Gasteiger partial charge on any atom is -0.359 e. The standard InChI is InChI=1S/C20H20F2O3/c21-15-8-9-17(18(22)11-15)20(13-25-20)16-6-2-1-5-14(16)12-24-19-7-3-4-10-23-19/h1-2,5-6,8-9,11,19H,3-4,7,10,12-13H2. The lowest BCUT2D eigenvalue weighted by Gasteiger charge is -2.24. The van der Waals surface area contributed by atoms with Crippen molar-refractivity contribution in [3.8, 4) is 0 Å². The molecule has 5 heteroatoms. The first-order valence-electron chi connectivity index (χ1n) is 8.60. The molecule has 3 nitrogen and oxygen atoms in total. The van der Waals surface area contributed by atoms with Crippen LogP contribution in [0.1, 0.15) is 36.0 Å². The van der Waals surface area contributed by atoms with Crippen molar-refractivity contribution in [2.45, 2.75) is 37.8 Å². The number of hydrogen-bond acceptors (Lipinski definition) is 3. The molecule has 2 aromatic carbocycles. The monoisotopic (exact) mass is 346 g/mol. The highest BCUT2D eigenvalue weighted by Crippen LogP contribution is 2.47. The normalized spacial score (nSPS) is 25.8. The van der Waals surface area contributed by atoms with Crippen molar-refractivity contribution in [2.24, 2.45) is 0 Å². The zero-order chi connectivity index (χ0) is 17.3. The number of halogens is 2. The Morgan fingerprint density at radius 2 is 1.92 bits per heavy atom. The summed E-state index contributed by atoms with van der Waals surface area (Å²) in [5.41, 5.74) is 1.29. The highest BCUT2D eigenvalue weighted by Gasteiger charge is 2.51. The molecule has 2 aromatic rings. The largest absolute Gasteiger partial charge is 0.359 e. The molecule has 0 N–H and O–H groups in total. The quantitative estimate of drug-likeness (QED) is 0.757. The Kier molecular flexibility index (Phi) is 4.54. The number of hydrogen-bond donors (Lipinski definition) is 0. The average molecular weight is 346 g/mol. The van der Waals surface area contributed by atoms with Crippen LogP contribution in [0.15, 0.2) is 42.5 Å². The maximum atomic E-state index is 14.3. The maximum absolute atomic E-state index is 14.3. The van der Waals surface area contributed by atoms with E-state index in [9.17, 15) is 8.78 Å². The molecule has 0 amide bonds. The fourth-order valence-electron chi connectivity index (χ4n) is 3.41. The summed E-state index contributed by atoms with van der Waals surface area (Å²) in [6.45, 7) is 1.46. The molecule has 2 saturated heterocycles. The molecular weight excluding hydrogens is 326 g/mol. The smallest absolute Gasteiger partial charge is 0.158 e. The molecule has 2 aliphatic rings. The molecule has 0 aliphatic carbocycles. The van der Waals surface area contributed by atoms with E-state index in [0.717, 1.165) is 43.1 Å². The van der Waals surface area contributed by atoms with E-state index in [0.29, 0.717) is 18.8 Å². The molecule has 2 atom stereocenters. The molecule has 2 aliphatic heterocycles. The summed E-state index contributed by atoms with van der Waals surface area (Å²) in [7, 11) is 0. The predicted octanol–water partition coefficient (Wildman–Crippen LogP) is 4.28. The van der Waals surface area contributed by atoms with E-state index in [1.54, 1.807) is 0 Å². The zero-order valence-corrected chi connectivity index (χ0v) is 13.8. The van der Waals surface area contributed by atoms with Crippen molar-refractivity contribution in [3.63, 3.8) is 0 Å². The minimum atomic E-state index is -0.856. The Labute approximate surface area is 145 Å². The molecule has 2 fully saturated rings. The van der Waals surface area contributed by atoms with Gasteiger partial charge in [0.15, 0.2) is 6.29 Å². The van der Waals surface area contributed by atoms with Crippen LogP contribution in [0.25, 0.3) is 0 Å². The SMILES string of the molecule is Fc1ccc(C2(c3ccccc3COC3CCCCO3)CO2)c(F)c1. The summed E-state index contributed by atoms with van der Waals surface area (Å²) in [6.07, 6.45) is 2.86. The molecule has 2 heterocycles. The second kappa shape index (κ2) is 6.83. The Bertz CT molecular complexity index is 752. The first-order valence-corrected chi connectivity index (χ1v) is 8.60. The van der Waals surface area contributed by atoms with Gasteiger partial charge in [0.2, 0.25) is 0 Å². The highest BCUT2D eigenvalue weighted by atomic mass is 19.1. The summed E-state index contributed by atoms with van der Waals surface area (Å²) in [4.78, 5) is 0. The summed E-state index contributed by atoms with van der Waals surface area (Å²) in [5.74, 6) is -1.19. The molecule has 132 valence electrons. The second-order valence-electron chi connectivity index (χ2n) is 6.50. The van der Waals surface area contributed by atoms with Gasteiger partial charge in [-0.25, -0.2) is 8.78 Å². The van der Waals surface area contributed by atoms with Crippen LogP contribution in [0, 0.1) is 11.6 Å². The van der Waals surface area contributed by atoms with E-state index in [2.05, 4.69) is 0 Å². The highest BCUT2D eigenvalue weighted by molar-refractivity contribution is 5.45. The first-order chi connectivity index (χ1) is 12.2. The third kappa shape index (κ3) is 3.32. The van der Waals surface area contributed by atoms with E-state index in [-0.39, 0.29) is 6.29 Å². The molecule has 0 radical (unpaired) electrons. The van der Waals surface area contributed by atoms with Gasteiger partial charge in [-0.1, -0.05) is 24.3 Å². The van der Waals surface area contributed by atoms with Crippen molar-refractivity contribution >= 4 is 0 Å². The van der Waals surface area contributed by atoms with Gasteiger partial charge in [0.05, 0.1) is 13.2 Å². The first kappa shape index (κ1) is 16.6. The molecular formula is C20H20F2O3. The third-order valence-electron chi connectivity index (χ3n) is 4.81. The molecule has 25 heavy (non-hydrogen) atoms. The third-order valence-corrected chi connectivity index (χ3v) is 4.81. The molecule has 0 saturated carbocycles. The molecule has 2 unspecified atom stereocenters. The number of rotatable bonds is 5. The van der Waals surface area contributed by atoms with Crippen molar-refractivity contribution < 1.29 is 23.0 Å². The van der Waals surface area contributed by atoms with Gasteiger partial charge in [-0.15, -0.1) is 0 Å². The van der Waals surface area contributed by atoms with Gasteiger partial charge in [-0.2, -0.15) is 0 Å². The van der Waals surface area contributed by atoms with Crippen LogP contribution in [-0.4, -0.2) is 19.5 Å². The van der Waals surface area contributed by atoms with E-state index in [1.165, 1.54) is 12.1 Å². The van der Waals surface area contributed by atoms with Crippen molar-refractivity contribution in [1.82, 2.24) is 0 Å². The minimum absolute atomic E-state index is 0.194. The van der Waals surface area contributed by atoms with Crippen molar-refractivity contribution in [2.75, 3.05) is 13.2 Å². The topological polar surface area (TPSA) is 31.0 Å². The van der Waals surface area contributed by atoms with Crippen LogP contribution in [0.2, 0.25) is 0 Å². The predicted molar refractivity (Wildman–Crippen MR) is 87.9 cm³/mol. The lowest BCUT2D eigenvalue weighted by molar-refractivity contribution is -0.169. The van der Waals surface area contributed by atoms with Crippen LogP contribution in [0.5, 0.6) is 0 Å². The molecule has 4 rings (SSSR count). The average Bonchev–Trinajstić information content (AvgIpc) is 3.43. The number of ether oxygens (including phenoxy) is 3. The fourth-order valence-corrected chi connectivity index (χ4v) is 3.41. The van der Waals surface area contributed by atoms with Gasteiger partial charge >= 0.3 is 0 Å². The second-order valence-corrected chi connectivity index (χ2v) is 6.50. The number of benzene rings is 2. The van der Waals surface area contributed by atoms with E-state index in [1.807, 2.05) is 24.3 Å². The van der Waals surface area contributed by atoms with Gasteiger partial charge in [-0.05, 0) is 42.5 Å². The Morgan fingerprint density at radius 1 is 1.08 bits per heavy atom. The molecule has 0 spiro atoms. The maximum Gasteiger partial charge on any atom is 0.158 e. The van der Waals surface area contributed by atoms with Gasteiger partial charge in [0.25, 0.3) is 0 Å². The zero-order valence-electron chi connectivity index (χ0n) is 13.8. The van der Waals surface area contributed by atoms with Crippen LogP contribution < -0.4 is 0 Å². The Balaban J connectivity index is 1.59. The van der Waals surface area contributed by atoms with Crippen LogP contribution >= 0.6 is 0 Å². The van der Waals surface area contributed by atoms with Crippen LogP contribution in [0.3, 0.4) is 0 Å². The van der Waals surface area contributed by atoms with E-state index >= 15 is 0 Å².